The Balaban J connectivity index is 1.41. The van der Waals surface area contributed by atoms with Crippen LogP contribution in [0, 0.1) is 0 Å². The molecule has 144 valence electrons. The summed E-state index contributed by atoms with van der Waals surface area (Å²) in [4.78, 5) is 17.4. The number of ether oxygens (including phenoxy) is 2. The molecule has 1 amide bonds. The molecule has 2 aliphatic heterocycles. The molecule has 0 saturated carbocycles. The van der Waals surface area contributed by atoms with Crippen LogP contribution in [0.2, 0.25) is 0 Å². The maximum absolute atomic E-state index is 11.2. The third kappa shape index (κ3) is 3.05. The maximum atomic E-state index is 11.2. The summed E-state index contributed by atoms with van der Waals surface area (Å²) in [6.07, 6.45) is 0.504. The van der Waals surface area contributed by atoms with Gasteiger partial charge in [-0.1, -0.05) is 24.3 Å². The number of hydrogen-bond acceptors (Lipinski definition) is 5. The Bertz CT molecular complexity index is 993. The molecule has 3 heterocycles. The summed E-state index contributed by atoms with van der Waals surface area (Å²) in [6.45, 7) is 1.53. The number of rotatable bonds is 2. The first-order chi connectivity index (χ1) is 13.7. The summed E-state index contributed by atoms with van der Waals surface area (Å²) in [5.74, 6) is 1.81. The SMILES string of the molecule is O=C(O)N1CCC(c2cccc3c2OC(c2nc4ccccc4s2)CO3)CC1. The van der Waals surface area contributed by atoms with E-state index in [1.807, 2.05) is 30.3 Å². The molecule has 0 radical (unpaired) electrons. The van der Waals surface area contributed by atoms with Crippen molar-refractivity contribution in [1.82, 2.24) is 9.88 Å². The fourth-order valence-corrected chi connectivity index (χ4v) is 4.95. The monoisotopic (exact) mass is 396 g/mol. The number of hydrogen-bond donors (Lipinski definition) is 1. The minimum absolute atomic E-state index is 0.231. The van der Waals surface area contributed by atoms with Gasteiger partial charge in [0.25, 0.3) is 0 Å². The number of benzene rings is 2. The highest BCUT2D eigenvalue weighted by molar-refractivity contribution is 7.18. The summed E-state index contributed by atoms with van der Waals surface area (Å²) in [6, 6.07) is 14.1. The van der Waals surface area contributed by atoms with Crippen molar-refractivity contribution in [3.63, 3.8) is 0 Å². The van der Waals surface area contributed by atoms with Gasteiger partial charge >= 0.3 is 6.09 Å². The van der Waals surface area contributed by atoms with Crippen LogP contribution in [-0.4, -0.2) is 40.8 Å². The predicted molar refractivity (Wildman–Crippen MR) is 106 cm³/mol. The second-order valence-electron chi connectivity index (χ2n) is 7.16. The molecule has 1 unspecified atom stereocenters. The Morgan fingerprint density at radius 1 is 1.14 bits per heavy atom. The number of aromatic nitrogens is 1. The molecule has 1 aromatic heterocycles. The lowest BCUT2D eigenvalue weighted by Gasteiger charge is -2.33. The van der Waals surface area contributed by atoms with Crippen molar-refractivity contribution in [2.45, 2.75) is 24.9 Å². The van der Waals surface area contributed by atoms with E-state index >= 15 is 0 Å². The van der Waals surface area contributed by atoms with E-state index in [1.165, 1.54) is 4.90 Å². The van der Waals surface area contributed by atoms with Crippen molar-refractivity contribution >= 4 is 27.6 Å². The Hall–Kier alpha value is -2.80. The number of amides is 1. The normalized spacial score (nSPS) is 19.7. The third-order valence-corrected chi connectivity index (χ3v) is 6.58. The van der Waals surface area contributed by atoms with E-state index in [0.717, 1.165) is 45.1 Å². The minimum Gasteiger partial charge on any atom is -0.485 e. The van der Waals surface area contributed by atoms with E-state index < -0.39 is 6.09 Å². The lowest BCUT2D eigenvalue weighted by Crippen LogP contribution is -2.37. The third-order valence-electron chi connectivity index (χ3n) is 5.45. The molecule has 6 nitrogen and oxygen atoms in total. The van der Waals surface area contributed by atoms with Gasteiger partial charge in [0, 0.05) is 18.7 Å². The van der Waals surface area contributed by atoms with E-state index in [2.05, 4.69) is 12.1 Å². The fourth-order valence-electron chi connectivity index (χ4n) is 3.97. The Morgan fingerprint density at radius 3 is 2.75 bits per heavy atom. The zero-order chi connectivity index (χ0) is 19.1. The number of nitrogens with zero attached hydrogens (tertiary/aromatic N) is 2. The average Bonchev–Trinajstić information content (AvgIpc) is 3.17. The number of piperidine rings is 1. The number of likely N-dealkylation sites (tertiary alicyclic amines) is 1. The molecule has 1 atom stereocenters. The summed E-state index contributed by atoms with van der Waals surface area (Å²) in [5, 5.41) is 10.1. The lowest BCUT2D eigenvalue weighted by molar-refractivity contribution is 0.0880. The smallest absolute Gasteiger partial charge is 0.407 e. The number of carboxylic acid groups (broad SMARTS) is 1. The molecule has 1 N–H and O–H groups in total. The standard InChI is InChI=1S/C21H20N2O4S/c24-21(25)23-10-8-13(9-11-23)14-4-3-6-16-19(14)27-17(12-26-16)20-22-15-5-1-2-7-18(15)28-20/h1-7,13,17H,8-12H2,(H,24,25). The van der Waals surface area contributed by atoms with Gasteiger partial charge in [-0.15, -0.1) is 11.3 Å². The van der Waals surface area contributed by atoms with Crippen molar-refractivity contribution in [3.05, 3.63) is 53.0 Å². The summed E-state index contributed by atoms with van der Waals surface area (Å²) in [5.41, 5.74) is 2.08. The van der Waals surface area contributed by atoms with Crippen LogP contribution < -0.4 is 9.47 Å². The second kappa shape index (κ2) is 6.98. The van der Waals surface area contributed by atoms with E-state index in [0.29, 0.717) is 19.7 Å². The molecule has 2 aromatic carbocycles. The van der Waals surface area contributed by atoms with Gasteiger partial charge in [-0.2, -0.15) is 0 Å². The van der Waals surface area contributed by atoms with Gasteiger partial charge in [0.05, 0.1) is 10.2 Å². The van der Waals surface area contributed by atoms with E-state index in [-0.39, 0.29) is 12.0 Å². The van der Waals surface area contributed by atoms with Gasteiger partial charge in [-0.05, 0) is 37.0 Å². The van der Waals surface area contributed by atoms with Crippen molar-refractivity contribution in [1.29, 1.82) is 0 Å². The van der Waals surface area contributed by atoms with Crippen LogP contribution in [-0.2, 0) is 0 Å². The van der Waals surface area contributed by atoms with Crippen LogP contribution in [0.15, 0.2) is 42.5 Å². The highest BCUT2D eigenvalue weighted by atomic mass is 32.1. The average molecular weight is 396 g/mol. The molecule has 0 bridgehead atoms. The number of fused-ring (bicyclic) bond motifs is 2. The molecule has 2 aliphatic rings. The van der Waals surface area contributed by atoms with Gasteiger partial charge in [0.2, 0.25) is 0 Å². The summed E-state index contributed by atoms with van der Waals surface area (Å²) in [7, 11) is 0. The van der Waals surface area contributed by atoms with Crippen molar-refractivity contribution in [2.75, 3.05) is 19.7 Å². The first-order valence-corrected chi connectivity index (χ1v) is 10.3. The van der Waals surface area contributed by atoms with Gasteiger partial charge in [-0.25, -0.2) is 9.78 Å². The van der Waals surface area contributed by atoms with E-state index in [1.54, 1.807) is 11.3 Å². The zero-order valence-corrected chi connectivity index (χ0v) is 16.0. The van der Waals surface area contributed by atoms with Crippen LogP contribution in [0.5, 0.6) is 11.5 Å². The second-order valence-corrected chi connectivity index (χ2v) is 8.22. The number of para-hydroxylation sites is 2. The molecular weight excluding hydrogens is 376 g/mol. The molecule has 1 fully saturated rings. The predicted octanol–water partition coefficient (Wildman–Crippen LogP) is 4.67. The molecule has 28 heavy (non-hydrogen) atoms. The molecule has 0 aliphatic carbocycles. The minimum atomic E-state index is -0.843. The van der Waals surface area contributed by atoms with Crippen LogP contribution in [0.3, 0.4) is 0 Å². The summed E-state index contributed by atoms with van der Waals surface area (Å²) < 4.78 is 13.6. The topological polar surface area (TPSA) is 71.9 Å². The van der Waals surface area contributed by atoms with Gasteiger partial charge < -0.3 is 19.5 Å². The Kier molecular flexibility index (Phi) is 4.31. The van der Waals surface area contributed by atoms with E-state index in [4.69, 9.17) is 14.5 Å². The summed E-state index contributed by atoms with van der Waals surface area (Å²) >= 11 is 1.64. The van der Waals surface area contributed by atoms with Gasteiger partial charge in [0.1, 0.15) is 11.6 Å². The van der Waals surface area contributed by atoms with Crippen LogP contribution in [0.1, 0.15) is 35.4 Å². The first kappa shape index (κ1) is 17.3. The number of thiazole rings is 1. The largest absolute Gasteiger partial charge is 0.485 e. The highest BCUT2D eigenvalue weighted by Gasteiger charge is 2.31. The highest BCUT2D eigenvalue weighted by Crippen LogP contribution is 2.45. The van der Waals surface area contributed by atoms with Crippen LogP contribution in [0.25, 0.3) is 10.2 Å². The van der Waals surface area contributed by atoms with E-state index in [9.17, 15) is 9.90 Å². The zero-order valence-electron chi connectivity index (χ0n) is 15.2. The molecule has 5 rings (SSSR count). The molecule has 0 spiro atoms. The van der Waals surface area contributed by atoms with Crippen LogP contribution >= 0.6 is 11.3 Å². The fraction of sp³-hybridized carbons (Fsp3) is 0.333. The molecule has 3 aromatic rings. The maximum Gasteiger partial charge on any atom is 0.407 e. The van der Waals surface area contributed by atoms with Gasteiger partial charge in [-0.3, -0.25) is 0 Å². The Morgan fingerprint density at radius 2 is 1.96 bits per heavy atom. The van der Waals surface area contributed by atoms with Crippen LogP contribution in [0.4, 0.5) is 4.79 Å². The van der Waals surface area contributed by atoms with Crippen molar-refractivity contribution < 1.29 is 19.4 Å². The lowest BCUT2D eigenvalue weighted by atomic mass is 9.88. The quantitative estimate of drug-likeness (QED) is 0.682. The molecule has 7 heteroatoms. The first-order valence-electron chi connectivity index (χ1n) is 9.45. The van der Waals surface area contributed by atoms with Gasteiger partial charge in [0.15, 0.2) is 17.6 Å². The number of carbonyl (C=O) groups is 1. The Labute approximate surface area is 166 Å². The molecule has 1 saturated heterocycles. The van der Waals surface area contributed by atoms with Crippen molar-refractivity contribution in [2.24, 2.45) is 0 Å². The molecular formula is C21H20N2O4S. The van der Waals surface area contributed by atoms with Crippen molar-refractivity contribution in [3.8, 4) is 11.5 Å².